The topological polar surface area (TPSA) is 21.3 Å². The number of allylic oxidation sites excluding steroid dienone is 1. The molecule has 0 aromatic heterocycles. The maximum Gasteiger partial charge on any atom is 0.119 e. The summed E-state index contributed by atoms with van der Waals surface area (Å²) in [6, 6.07) is 18.5. The van der Waals surface area contributed by atoms with Crippen LogP contribution in [0.3, 0.4) is 0 Å². The first-order chi connectivity index (χ1) is 12.6. The average molecular weight is 372 g/mol. The Bertz CT molecular complexity index is 654. The van der Waals surface area contributed by atoms with Crippen molar-refractivity contribution >= 4 is 11.6 Å². The molecule has 0 heterocycles. The fraction of sp³-hybridized carbons (Fsp3) is 0.391. The van der Waals surface area contributed by atoms with E-state index in [0.717, 1.165) is 49.4 Å². The molecule has 3 heteroatoms. The molecule has 0 radical (unpaired) electrons. The number of unbranched alkanes of at least 4 members (excludes halogenated alkanes) is 1. The molecule has 0 saturated heterocycles. The van der Waals surface area contributed by atoms with Gasteiger partial charge in [-0.15, -0.1) is 11.6 Å². The molecule has 2 atom stereocenters. The lowest BCUT2D eigenvalue weighted by molar-refractivity contribution is 0.306. The van der Waals surface area contributed by atoms with Gasteiger partial charge >= 0.3 is 0 Å². The van der Waals surface area contributed by atoms with Gasteiger partial charge in [0, 0.05) is 5.92 Å². The van der Waals surface area contributed by atoms with Crippen molar-refractivity contribution in [2.24, 2.45) is 0 Å². The van der Waals surface area contributed by atoms with Gasteiger partial charge in [-0.05, 0) is 56.1 Å². The number of halogens is 1. The third kappa shape index (κ3) is 6.19. The molecular formula is C23H30ClNO. The number of nitrogens with one attached hydrogen (secondary N) is 1. The molecule has 0 spiro atoms. The van der Waals surface area contributed by atoms with E-state index in [1.807, 2.05) is 37.3 Å². The summed E-state index contributed by atoms with van der Waals surface area (Å²) >= 11 is 6.79. The Morgan fingerprint density at radius 1 is 1.04 bits per heavy atom. The van der Waals surface area contributed by atoms with E-state index in [9.17, 15) is 0 Å². The van der Waals surface area contributed by atoms with Gasteiger partial charge in [-0.3, -0.25) is 0 Å². The highest BCUT2D eigenvalue weighted by Gasteiger charge is 2.23. The van der Waals surface area contributed by atoms with Crippen LogP contribution in [0.2, 0.25) is 0 Å². The van der Waals surface area contributed by atoms with Crippen molar-refractivity contribution in [1.82, 2.24) is 5.32 Å². The molecular weight excluding hydrogens is 342 g/mol. The molecule has 2 rings (SSSR count). The summed E-state index contributed by atoms with van der Waals surface area (Å²) < 4.78 is 5.84. The average Bonchev–Trinajstić information content (AvgIpc) is 2.66. The van der Waals surface area contributed by atoms with Crippen LogP contribution in [0.1, 0.15) is 49.1 Å². The number of hydrogen-bond acceptors (Lipinski definition) is 2. The minimum absolute atomic E-state index is 0.0771. The van der Waals surface area contributed by atoms with Crippen LogP contribution < -0.4 is 10.1 Å². The summed E-state index contributed by atoms with van der Waals surface area (Å²) in [7, 11) is 0. The third-order valence-corrected chi connectivity index (χ3v) is 4.95. The lowest BCUT2D eigenvalue weighted by Crippen LogP contribution is -2.14. The van der Waals surface area contributed by atoms with Crippen LogP contribution in [-0.2, 0) is 0 Å². The lowest BCUT2D eigenvalue weighted by Gasteiger charge is -2.24. The van der Waals surface area contributed by atoms with Gasteiger partial charge in [0.2, 0.25) is 0 Å². The smallest absolute Gasteiger partial charge is 0.119 e. The molecule has 2 unspecified atom stereocenters. The summed E-state index contributed by atoms with van der Waals surface area (Å²) in [6.07, 6.45) is 2.19. The highest BCUT2D eigenvalue weighted by Crippen LogP contribution is 2.40. The minimum atomic E-state index is -0.133. The van der Waals surface area contributed by atoms with Crippen molar-refractivity contribution in [3.63, 3.8) is 0 Å². The molecule has 0 amide bonds. The number of alkyl halides is 1. The van der Waals surface area contributed by atoms with Crippen molar-refractivity contribution in [2.75, 3.05) is 19.7 Å². The van der Waals surface area contributed by atoms with E-state index in [2.05, 4.69) is 43.1 Å². The largest absolute Gasteiger partial charge is 0.494 e. The quantitative estimate of drug-likeness (QED) is 0.293. The fourth-order valence-electron chi connectivity index (χ4n) is 3.02. The first-order valence-electron chi connectivity index (χ1n) is 9.41. The van der Waals surface area contributed by atoms with Crippen molar-refractivity contribution in [3.05, 3.63) is 77.9 Å². The minimum Gasteiger partial charge on any atom is -0.494 e. The summed E-state index contributed by atoms with van der Waals surface area (Å²) in [4.78, 5) is 0. The number of ether oxygens (including phenoxy) is 1. The molecule has 2 nitrogen and oxygen atoms in total. The van der Waals surface area contributed by atoms with Gasteiger partial charge in [0.15, 0.2) is 0 Å². The Hall–Kier alpha value is -1.77. The standard InChI is InChI=1S/C23H30ClNO/c1-4-25-16-8-9-17-26-21-14-12-19(13-15-21)22(18(2)3)23(24)20-10-6-5-7-11-20/h5-7,10-15,22-23,25H,2,4,8-9,16-17H2,1,3H3. The third-order valence-electron chi connectivity index (χ3n) is 4.45. The lowest BCUT2D eigenvalue weighted by atomic mass is 9.86. The van der Waals surface area contributed by atoms with E-state index >= 15 is 0 Å². The predicted molar refractivity (Wildman–Crippen MR) is 112 cm³/mol. The Labute approximate surface area is 163 Å². The van der Waals surface area contributed by atoms with Crippen LogP contribution in [0.4, 0.5) is 0 Å². The molecule has 0 aliphatic heterocycles. The zero-order valence-electron chi connectivity index (χ0n) is 15.9. The van der Waals surface area contributed by atoms with Crippen LogP contribution >= 0.6 is 11.6 Å². The van der Waals surface area contributed by atoms with Gasteiger partial charge < -0.3 is 10.1 Å². The molecule has 0 saturated carbocycles. The highest BCUT2D eigenvalue weighted by molar-refractivity contribution is 6.21. The van der Waals surface area contributed by atoms with Gasteiger partial charge in [0.05, 0.1) is 12.0 Å². The molecule has 140 valence electrons. The Morgan fingerprint density at radius 3 is 2.35 bits per heavy atom. The molecule has 2 aromatic rings. The summed E-state index contributed by atoms with van der Waals surface area (Å²) in [5, 5.41) is 3.19. The number of rotatable bonds is 11. The van der Waals surface area contributed by atoms with Gasteiger partial charge in [-0.2, -0.15) is 0 Å². The number of benzene rings is 2. The second-order valence-corrected chi connectivity index (χ2v) is 7.08. The van der Waals surface area contributed by atoms with Gasteiger partial charge in [0.25, 0.3) is 0 Å². The summed E-state index contributed by atoms with van der Waals surface area (Å²) in [5.41, 5.74) is 3.34. The Kier molecular flexibility index (Phi) is 8.73. The van der Waals surface area contributed by atoms with Gasteiger partial charge in [0.1, 0.15) is 5.75 Å². The van der Waals surface area contributed by atoms with Crippen molar-refractivity contribution in [1.29, 1.82) is 0 Å². The first-order valence-corrected chi connectivity index (χ1v) is 9.85. The maximum atomic E-state index is 6.79. The van der Waals surface area contributed by atoms with E-state index in [0.29, 0.717) is 0 Å². The molecule has 0 aliphatic rings. The Morgan fingerprint density at radius 2 is 1.73 bits per heavy atom. The highest BCUT2D eigenvalue weighted by atomic mass is 35.5. The first kappa shape index (κ1) is 20.5. The second-order valence-electron chi connectivity index (χ2n) is 6.61. The van der Waals surface area contributed by atoms with Crippen LogP contribution in [0.25, 0.3) is 0 Å². The Balaban J connectivity index is 1.97. The van der Waals surface area contributed by atoms with Crippen LogP contribution in [-0.4, -0.2) is 19.7 Å². The molecule has 1 N–H and O–H groups in total. The van der Waals surface area contributed by atoms with E-state index in [4.69, 9.17) is 16.3 Å². The fourth-order valence-corrected chi connectivity index (χ4v) is 3.53. The second kappa shape index (κ2) is 11.1. The van der Waals surface area contributed by atoms with E-state index in [-0.39, 0.29) is 11.3 Å². The monoisotopic (exact) mass is 371 g/mol. The zero-order valence-corrected chi connectivity index (χ0v) is 16.6. The van der Waals surface area contributed by atoms with Crippen molar-refractivity contribution in [2.45, 2.75) is 38.0 Å². The summed E-state index contributed by atoms with van der Waals surface area (Å²) in [6.45, 7) is 11.2. The van der Waals surface area contributed by atoms with Gasteiger partial charge in [-0.1, -0.05) is 61.5 Å². The van der Waals surface area contributed by atoms with Gasteiger partial charge in [-0.25, -0.2) is 0 Å². The predicted octanol–water partition coefficient (Wildman–Crippen LogP) is 6.09. The molecule has 0 aliphatic carbocycles. The van der Waals surface area contributed by atoms with E-state index in [1.54, 1.807) is 0 Å². The molecule has 26 heavy (non-hydrogen) atoms. The normalized spacial score (nSPS) is 13.2. The summed E-state index contributed by atoms with van der Waals surface area (Å²) in [5.74, 6) is 0.983. The SMILES string of the molecule is C=C(C)C(c1ccc(OCCCCNCC)cc1)C(Cl)c1ccccc1. The van der Waals surface area contributed by atoms with Crippen molar-refractivity contribution in [3.8, 4) is 5.75 Å². The zero-order chi connectivity index (χ0) is 18.8. The number of hydrogen-bond donors (Lipinski definition) is 1. The molecule has 0 bridgehead atoms. The van der Waals surface area contributed by atoms with Crippen LogP contribution in [0, 0.1) is 0 Å². The van der Waals surface area contributed by atoms with Crippen LogP contribution in [0.15, 0.2) is 66.7 Å². The molecule has 2 aromatic carbocycles. The van der Waals surface area contributed by atoms with E-state index in [1.165, 1.54) is 5.56 Å². The van der Waals surface area contributed by atoms with Crippen LogP contribution in [0.5, 0.6) is 5.75 Å². The van der Waals surface area contributed by atoms with Crippen molar-refractivity contribution < 1.29 is 4.74 Å². The maximum absolute atomic E-state index is 6.79. The molecule has 0 fully saturated rings. The van der Waals surface area contributed by atoms with E-state index < -0.39 is 0 Å².